The topological polar surface area (TPSA) is 92.2 Å². The summed E-state index contributed by atoms with van der Waals surface area (Å²) in [6, 6.07) is 21.3. The Labute approximate surface area is 245 Å². The lowest BCUT2D eigenvalue weighted by atomic mass is 9.79. The van der Waals surface area contributed by atoms with Crippen molar-refractivity contribution in [3.63, 3.8) is 0 Å². The van der Waals surface area contributed by atoms with Gasteiger partial charge in [-0.1, -0.05) is 24.3 Å². The van der Waals surface area contributed by atoms with Gasteiger partial charge < -0.3 is 29.6 Å². The third-order valence-corrected chi connectivity index (χ3v) is 8.60. The Hall–Kier alpha value is -4.56. The zero-order valence-corrected chi connectivity index (χ0v) is 24.5. The maximum Gasteiger partial charge on any atom is 0.347 e. The molecule has 3 aromatic carbocycles. The van der Waals surface area contributed by atoms with Crippen molar-refractivity contribution in [2.75, 3.05) is 42.6 Å². The summed E-state index contributed by atoms with van der Waals surface area (Å²) >= 11 is 0. The van der Waals surface area contributed by atoms with Gasteiger partial charge in [0.25, 0.3) is 5.91 Å². The summed E-state index contributed by atoms with van der Waals surface area (Å²) in [5.41, 5.74) is 9.65. The molecular formula is C34H36N4O4. The molecule has 1 amide bonds. The van der Waals surface area contributed by atoms with Gasteiger partial charge in [0.15, 0.2) is 0 Å². The second-order valence-electron chi connectivity index (χ2n) is 10.5. The second-order valence-corrected chi connectivity index (χ2v) is 10.5. The van der Waals surface area contributed by atoms with Crippen LogP contribution in [0.2, 0.25) is 0 Å². The van der Waals surface area contributed by atoms with Crippen molar-refractivity contribution in [3.05, 3.63) is 105 Å². The van der Waals surface area contributed by atoms with E-state index in [9.17, 15) is 9.59 Å². The fraction of sp³-hybridized carbons (Fsp3) is 0.294. The first-order chi connectivity index (χ1) is 20.4. The summed E-state index contributed by atoms with van der Waals surface area (Å²) in [5, 5.41) is 0.778. The van der Waals surface area contributed by atoms with Gasteiger partial charge in [0.05, 0.1) is 6.67 Å². The van der Waals surface area contributed by atoms with Gasteiger partial charge in [-0.2, -0.15) is 0 Å². The van der Waals surface area contributed by atoms with Crippen molar-refractivity contribution >= 4 is 34.0 Å². The van der Waals surface area contributed by atoms with E-state index in [1.165, 1.54) is 0 Å². The highest BCUT2D eigenvalue weighted by molar-refractivity contribution is 6.02. The van der Waals surface area contributed by atoms with Crippen LogP contribution in [0, 0.1) is 0 Å². The van der Waals surface area contributed by atoms with Crippen LogP contribution in [0.1, 0.15) is 54.7 Å². The highest BCUT2D eigenvalue weighted by atomic mass is 16.5. The molecule has 42 heavy (non-hydrogen) atoms. The first kappa shape index (κ1) is 27.6. The number of anilines is 2. The molecule has 8 nitrogen and oxygen atoms in total. The van der Waals surface area contributed by atoms with Crippen molar-refractivity contribution in [1.29, 1.82) is 0 Å². The molecule has 1 aromatic heterocycles. The Morgan fingerprint density at radius 1 is 0.786 bits per heavy atom. The van der Waals surface area contributed by atoms with E-state index < -0.39 is 11.2 Å². The molecule has 1 unspecified atom stereocenters. The van der Waals surface area contributed by atoms with Crippen LogP contribution >= 0.6 is 0 Å². The SMILES string of the molecule is CCN(CC)c1ccc2c(c1)OC(c1cc3ccc(N(CC)CC)cc3oc1=O)=CC21c2ccccc2C(=O)N1CN. The minimum Gasteiger partial charge on any atom is -0.456 e. The van der Waals surface area contributed by atoms with Gasteiger partial charge in [-0.05, 0) is 69.7 Å². The summed E-state index contributed by atoms with van der Waals surface area (Å²) in [6.07, 6.45) is 1.85. The van der Waals surface area contributed by atoms with E-state index in [2.05, 4.69) is 37.5 Å². The number of fused-ring (bicyclic) bond motifs is 5. The number of rotatable bonds is 8. The Morgan fingerprint density at radius 2 is 1.45 bits per heavy atom. The molecule has 0 aliphatic carbocycles. The fourth-order valence-electron chi connectivity index (χ4n) is 6.43. The molecule has 0 fully saturated rings. The summed E-state index contributed by atoms with van der Waals surface area (Å²) in [4.78, 5) is 33.3. The number of hydrogen-bond acceptors (Lipinski definition) is 7. The molecule has 2 aliphatic rings. The third-order valence-electron chi connectivity index (χ3n) is 8.60. The lowest BCUT2D eigenvalue weighted by Gasteiger charge is -2.41. The van der Waals surface area contributed by atoms with Crippen molar-refractivity contribution in [2.24, 2.45) is 5.73 Å². The van der Waals surface area contributed by atoms with Gasteiger partial charge in [-0.15, -0.1) is 0 Å². The molecule has 6 rings (SSSR count). The van der Waals surface area contributed by atoms with Crippen molar-refractivity contribution in [2.45, 2.75) is 33.2 Å². The van der Waals surface area contributed by atoms with E-state index in [-0.39, 0.29) is 18.1 Å². The Kier molecular flexibility index (Phi) is 7.02. The normalized spacial score (nSPS) is 17.2. The maximum atomic E-state index is 13.7. The predicted molar refractivity (Wildman–Crippen MR) is 167 cm³/mol. The molecule has 0 saturated carbocycles. The fourth-order valence-corrected chi connectivity index (χ4v) is 6.43. The monoisotopic (exact) mass is 564 g/mol. The maximum absolute atomic E-state index is 13.7. The van der Waals surface area contributed by atoms with Gasteiger partial charge in [0.1, 0.15) is 28.2 Å². The van der Waals surface area contributed by atoms with Crippen LogP contribution in [0.3, 0.4) is 0 Å². The summed E-state index contributed by atoms with van der Waals surface area (Å²) in [6.45, 7) is 11.7. The van der Waals surface area contributed by atoms with Crippen LogP contribution in [0.25, 0.3) is 16.7 Å². The Bertz CT molecular complexity index is 1770. The number of benzene rings is 3. The minimum absolute atomic E-state index is 0.0189. The van der Waals surface area contributed by atoms with Gasteiger partial charge >= 0.3 is 5.63 Å². The van der Waals surface area contributed by atoms with Crippen molar-refractivity contribution in [3.8, 4) is 5.75 Å². The molecule has 3 heterocycles. The highest BCUT2D eigenvalue weighted by Crippen LogP contribution is 2.52. The van der Waals surface area contributed by atoms with Crippen LogP contribution in [-0.2, 0) is 5.54 Å². The van der Waals surface area contributed by atoms with Crippen LogP contribution in [0.4, 0.5) is 11.4 Å². The molecule has 8 heteroatoms. The second kappa shape index (κ2) is 10.7. The van der Waals surface area contributed by atoms with E-state index in [1.54, 1.807) is 11.0 Å². The molecule has 0 radical (unpaired) electrons. The van der Waals surface area contributed by atoms with Gasteiger partial charge in [0.2, 0.25) is 0 Å². The largest absolute Gasteiger partial charge is 0.456 e. The minimum atomic E-state index is -1.05. The van der Waals surface area contributed by atoms with Crippen molar-refractivity contribution in [1.82, 2.24) is 4.90 Å². The summed E-state index contributed by atoms with van der Waals surface area (Å²) < 4.78 is 12.4. The van der Waals surface area contributed by atoms with E-state index >= 15 is 0 Å². The molecule has 0 bridgehead atoms. The van der Waals surface area contributed by atoms with Gasteiger partial charge in [0, 0.05) is 66.2 Å². The molecular weight excluding hydrogens is 528 g/mol. The Balaban J connectivity index is 1.58. The quantitative estimate of drug-likeness (QED) is 0.281. The standard InChI is InChI=1S/C34H36N4O4/c1-5-36(6-2)23-14-13-22-17-26(33(40)42-29(22)18-23)31-20-34(27-12-10-9-11-25(27)32(39)38(34)21-35)28-16-15-24(19-30(28)41-31)37(7-3)8-4/h9-20H,5-8,21,35H2,1-4H3. The smallest absolute Gasteiger partial charge is 0.347 e. The van der Waals surface area contributed by atoms with Gasteiger partial charge in [-0.3, -0.25) is 4.79 Å². The third kappa shape index (κ3) is 4.09. The average molecular weight is 565 g/mol. The number of carbonyl (C=O) groups is 1. The van der Waals surface area contributed by atoms with E-state index in [0.717, 1.165) is 54.1 Å². The molecule has 0 saturated heterocycles. The van der Waals surface area contributed by atoms with E-state index in [0.29, 0.717) is 22.7 Å². The van der Waals surface area contributed by atoms with Crippen molar-refractivity contribution < 1.29 is 13.9 Å². The lowest BCUT2D eigenvalue weighted by Crippen LogP contribution is -2.48. The highest BCUT2D eigenvalue weighted by Gasteiger charge is 2.52. The number of nitrogens with two attached hydrogens (primary N) is 1. The zero-order valence-electron chi connectivity index (χ0n) is 24.5. The van der Waals surface area contributed by atoms with Crippen LogP contribution in [-0.4, -0.2) is 43.7 Å². The zero-order chi connectivity index (χ0) is 29.6. The van der Waals surface area contributed by atoms with Crippen LogP contribution < -0.4 is 25.9 Å². The van der Waals surface area contributed by atoms with Crippen LogP contribution in [0.5, 0.6) is 5.75 Å². The average Bonchev–Trinajstić information content (AvgIpc) is 3.24. The Morgan fingerprint density at radius 3 is 2.14 bits per heavy atom. The van der Waals surface area contributed by atoms with E-state index in [1.807, 2.05) is 66.7 Å². The molecule has 4 aromatic rings. The number of hydrogen-bond donors (Lipinski definition) is 1. The number of ether oxygens (including phenoxy) is 1. The van der Waals surface area contributed by atoms with Gasteiger partial charge in [-0.25, -0.2) is 4.79 Å². The summed E-state index contributed by atoms with van der Waals surface area (Å²) in [7, 11) is 0. The number of nitrogens with zero attached hydrogens (tertiary/aromatic N) is 3. The van der Waals surface area contributed by atoms with E-state index in [4.69, 9.17) is 14.9 Å². The molecule has 1 spiro atoms. The molecule has 1 atom stereocenters. The predicted octanol–water partition coefficient (Wildman–Crippen LogP) is 5.53. The molecule has 216 valence electrons. The lowest BCUT2D eigenvalue weighted by molar-refractivity contribution is 0.0685. The summed E-state index contributed by atoms with van der Waals surface area (Å²) in [5.74, 6) is 0.723. The molecule has 2 N–H and O–H groups in total. The number of carbonyl (C=O) groups excluding carboxylic acids is 1. The first-order valence-corrected chi connectivity index (χ1v) is 14.6. The molecule has 2 aliphatic heterocycles. The van der Waals surface area contributed by atoms with Crippen LogP contribution in [0.15, 0.2) is 82.0 Å². The number of amides is 1. The first-order valence-electron chi connectivity index (χ1n) is 14.6.